The van der Waals surface area contributed by atoms with Crippen molar-refractivity contribution in [3.63, 3.8) is 0 Å². The summed E-state index contributed by atoms with van der Waals surface area (Å²) in [5.74, 6) is -0.349. The second-order valence-electron chi connectivity index (χ2n) is 6.53. The molecule has 0 radical (unpaired) electrons. The number of benzene rings is 2. The van der Waals surface area contributed by atoms with Gasteiger partial charge in [0.1, 0.15) is 6.04 Å². The minimum absolute atomic E-state index is 0.130. The summed E-state index contributed by atoms with van der Waals surface area (Å²) in [6.07, 6.45) is 1.98. The molecule has 1 amide bonds. The molecule has 2 aromatic carbocycles. The number of anilines is 1. The molecule has 0 unspecified atom stereocenters. The molecular formula is C19H20Cl2N2O3S. The summed E-state index contributed by atoms with van der Waals surface area (Å²) in [4.78, 5) is 13.0. The first-order valence-electron chi connectivity index (χ1n) is 8.63. The van der Waals surface area contributed by atoms with Gasteiger partial charge in [-0.2, -0.15) is 4.31 Å². The van der Waals surface area contributed by atoms with Crippen molar-refractivity contribution < 1.29 is 13.2 Å². The average molecular weight is 427 g/mol. The van der Waals surface area contributed by atoms with Crippen LogP contribution in [0.25, 0.3) is 0 Å². The van der Waals surface area contributed by atoms with E-state index in [9.17, 15) is 13.2 Å². The third-order valence-corrected chi connectivity index (χ3v) is 7.04. The number of carbonyl (C=O) groups excluding carboxylic acids is 1. The lowest BCUT2D eigenvalue weighted by Gasteiger charge is -2.33. The van der Waals surface area contributed by atoms with Gasteiger partial charge in [-0.15, -0.1) is 0 Å². The molecule has 0 aromatic heterocycles. The molecule has 1 atom stereocenters. The highest BCUT2D eigenvalue weighted by atomic mass is 35.5. The van der Waals surface area contributed by atoms with E-state index >= 15 is 0 Å². The van der Waals surface area contributed by atoms with Crippen molar-refractivity contribution in [2.75, 3.05) is 11.9 Å². The number of rotatable bonds is 4. The zero-order valence-electron chi connectivity index (χ0n) is 14.8. The summed E-state index contributed by atoms with van der Waals surface area (Å²) >= 11 is 11.9. The number of piperidine rings is 1. The van der Waals surface area contributed by atoms with E-state index in [1.54, 1.807) is 18.2 Å². The van der Waals surface area contributed by atoms with Crippen LogP contribution in [0.4, 0.5) is 5.69 Å². The van der Waals surface area contributed by atoms with Crippen LogP contribution in [-0.2, 0) is 14.8 Å². The first-order chi connectivity index (χ1) is 12.8. The van der Waals surface area contributed by atoms with Crippen LogP contribution in [0.5, 0.6) is 0 Å². The predicted octanol–water partition coefficient (Wildman–Crippen LogP) is 4.48. The summed E-state index contributed by atoms with van der Waals surface area (Å²) in [6, 6.07) is 10.4. The maximum Gasteiger partial charge on any atom is 0.243 e. The molecule has 27 heavy (non-hydrogen) atoms. The van der Waals surface area contributed by atoms with Gasteiger partial charge < -0.3 is 5.32 Å². The Kier molecular flexibility index (Phi) is 6.11. The molecule has 0 aliphatic carbocycles. The van der Waals surface area contributed by atoms with Crippen molar-refractivity contribution >= 4 is 44.8 Å². The van der Waals surface area contributed by atoms with E-state index in [2.05, 4.69) is 5.32 Å². The fourth-order valence-electron chi connectivity index (χ4n) is 3.14. The smallest absolute Gasteiger partial charge is 0.243 e. The number of hydrogen-bond acceptors (Lipinski definition) is 3. The van der Waals surface area contributed by atoms with E-state index in [4.69, 9.17) is 23.2 Å². The monoisotopic (exact) mass is 426 g/mol. The summed E-state index contributed by atoms with van der Waals surface area (Å²) in [6.45, 7) is 2.16. The van der Waals surface area contributed by atoms with E-state index in [0.29, 0.717) is 35.1 Å². The highest BCUT2D eigenvalue weighted by Crippen LogP contribution is 2.28. The number of aryl methyl sites for hydroxylation is 1. The molecule has 1 aliphatic rings. The second kappa shape index (κ2) is 8.19. The van der Waals surface area contributed by atoms with Crippen LogP contribution in [-0.4, -0.2) is 31.2 Å². The molecule has 1 aliphatic heterocycles. The van der Waals surface area contributed by atoms with E-state index in [-0.39, 0.29) is 10.8 Å². The number of nitrogens with zero attached hydrogens (tertiary/aromatic N) is 1. The number of nitrogens with one attached hydrogen (secondary N) is 1. The summed E-state index contributed by atoms with van der Waals surface area (Å²) in [5.41, 5.74) is 1.44. The van der Waals surface area contributed by atoms with Gasteiger partial charge in [0.25, 0.3) is 0 Å². The van der Waals surface area contributed by atoms with Crippen molar-refractivity contribution in [1.29, 1.82) is 0 Å². The third-order valence-electron chi connectivity index (χ3n) is 4.63. The van der Waals surface area contributed by atoms with Crippen molar-refractivity contribution in [3.05, 3.63) is 58.1 Å². The molecule has 8 heteroatoms. The first-order valence-corrected chi connectivity index (χ1v) is 10.8. The molecule has 0 saturated carbocycles. The minimum Gasteiger partial charge on any atom is -0.324 e. The van der Waals surface area contributed by atoms with Crippen LogP contribution in [0.2, 0.25) is 10.0 Å². The second-order valence-corrected chi connectivity index (χ2v) is 9.29. The third kappa shape index (κ3) is 4.46. The molecule has 0 spiro atoms. The number of amides is 1. The van der Waals surface area contributed by atoms with Crippen LogP contribution in [0.1, 0.15) is 24.8 Å². The standard InChI is InChI=1S/C19H20Cl2N2O3S/c1-13-5-6-15(21)12-17(13)22-19(24)18-4-2-3-11-23(18)27(25,26)16-9-7-14(20)8-10-16/h5-10,12,18H,2-4,11H2,1H3,(H,22,24)/t18-/m1/s1. The number of carbonyl (C=O) groups is 1. The molecule has 1 heterocycles. The molecule has 1 fully saturated rings. The Morgan fingerprint density at radius 2 is 1.74 bits per heavy atom. The van der Waals surface area contributed by atoms with E-state index in [1.807, 2.05) is 6.92 Å². The zero-order valence-corrected chi connectivity index (χ0v) is 17.1. The maximum atomic E-state index is 13.1. The Morgan fingerprint density at radius 1 is 1.07 bits per heavy atom. The van der Waals surface area contributed by atoms with Gasteiger partial charge in [0, 0.05) is 22.3 Å². The number of hydrogen-bond donors (Lipinski definition) is 1. The van der Waals surface area contributed by atoms with Gasteiger partial charge in [-0.25, -0.2) is 8.42 Å². The Morgan fingerprint density at radius 3 is 2.44 bits per heavy atom. The average Bonchev–Trinajstić information content (AvgIpc) is 2.65. The van der Waals surface area contributed by atoms with Crippen LogP contribution >= 0.6 is 23.2 Å². The Balaban J connectivity index is 1.87. The van der Waals surface area contributed by atoms with Crippen molar-refractivity contribution in [1.82, 2.24) is 4.31 Å². The quantitative estimate of drug-likeness (QED) is 0.782. The number of sulfonamides is 1. The Labute approximate surface area is 169 Å². The van der Waals surface area contributed by atoms with Gasteiger partial charge in [-0.3, -0.25) is 4.79 Å². The van der Waals surface area contributed by atoms with Crippen molar-refractivity contribution in [3.8, 4) is 0 Å². The topological polar surface area (TPSA) is 66.5 Å². The lowest BCUT2D eigenvalue weighted by Crippen LogP contribution is -2.49. The van der Waals surface area contributed by atoms with Crippen LogP contribution < -0.4 is 5.32 Å². The molecule has 0 bridgehead atoms. The van der Waals surface area contributed by atoms with Gasteiger partial charge in [-0.1, -0.05) is 35.7 Å². The Bertz CT molecular complexity index is 946. The van der Waals surface area contributed by atoms with Crippen LogP contribution in [0.3, 0.4) is 0 Å². The fraction of sp³-hybridized carbons (Fsp3) is 0.316. The fourth-order valence-corrected chi connectivity index (χ4v) is 5.10. The predicted molar refractivity (Wildman–Crippen MR) is 108 cm³/mol. The highest BCUT2D eigenvalue weighted by molar-refractivity contribution is 7.89. The van der Waals surface area contributed by atoms with E-state index < -0.39 is 16.1 Å². The number of halogens is 2. The molecule has 3 rings (SSSR count). The first kappa shape index (κ1) is 20.1. The molecule has 2 aromatic rings. The van der Waals surface area contributed by atoms with Gasteiger partial charge in [0.2, 0.25) is 15.9 Å². The van der Waals surface area contributed by atoms with E-state index in [0.717, 1.165) is 12.0 Å². The summed E-state index contributed by atoms with van der Waals surface area (Å²) in [5, 5.41) is 3.79. The lowest BCUT2D eigenvalue weighted by atomic mass is 10.0. The normalized spacial score (nSPS) is 18.3. The lowest BCUT2D eigenvalue weighted by molar-refractivity contribution is -0.120. The van der Waals surface area contributed by atoms with Gasteiger partial charge in [0.15, 0.2) is 0 Å². The minimum atomic E-state index is -3.80. The van der Waals surface area contributed by atoms with Crippen molar-refractivity contribution in [2.24, 2.45) is 0 Å². The Hall–Kier alpha value is -1.60. The van der Waals surface area contributed by atoms with Gasteiger partial charge >= 0.3 is 0 Å². The molecule has 5 nitrogen and oxygen atoms in total. The molecular weight excluding hydrogens is 407 g/mol. The maximum absolute atomic E-state index is 13.1. The largest absolute Gasteiger partial charge is 0.324 e. The summed E-state index contributed by atoms with van der Waals surface area (Å²) in [7, 11) is -3.80. The van der Waals surface area contributed by atoms with Crippen LogP contribution in [0.15, 0.2) is 47.4 Å². The van der Waals surface area contributed by atoms with E-state index in [1.165, 1.54) is 28.6 Å². The highest BCUT2D eigenvalue weighted by Gasteiger charge is 2.37. The van der Waals surface area contributed by atoms with Gasteiger partial charge in [0.05, 0.1) is 4.90 Å². The van der Waals surface area contributed by atoms with Gasteiger partial charge in [-0.05, 0) is 61.7 Å². The SMILES string of the molecule is Cc1ccc(Cl)cc1NC(=O)[C@H]1CCCCN1S(=O)(=O)c1ccc(Cl)cc1. The molecule has 1 saturated heterocycles. The zero-order chi connectivity index (χ0) is 19.6. The molecule has 1 N–H and O–H groups in total. The van der Waals surface area contributed by atoms with Crippen molar-refractivity contribution in [2.45, 2.75) is 37.1 Å². The molecule has 144 valence electrons. The summed E-state index contributed by atoms with van der Waals surface area (Å²) < 4.78 is 27.4. The van der Waals surface area contributed by atoms with Crippen LogP contribution in [0, 0.1) is 6.92 Å².